The first-order chi connectivity index (χ1) is 7.33. The quantitative estimate of drug-likeness (QED) is 0.684. The molecule has 0 spiro atoms. The fraction of sp³-hybridized carbons (Fsp3) is 1.00. The van der Waals surface area contributed by atoms with Gasteiger partial charge < -0.3 is 8.85 Å². The van der Waals surface area contributed by atoms with Gasteiger partial charge in [-0.1, -0.05) is 25.7 Å². The van der Waals surface area contributed by atoms with E-state index in [-0.39, 0.29) is 0 Å². The van der Waals surface area contributed by atoms with E-state index in [0.717, 1.165) is 11.1 Å². The molecular weight excluding hydrogens is 204 g/mol. The van der Waals surface area contributed by atoms with Gasteiger partial charge in [0.1, 0.15) is 0 Å². The highest BCUT2D eigenvalue weighted by Crippen LogP contribution is 2.51. The summed E-state index contributed by atoms with van der Waals surface area (Å²) in [6.45, 7) is 0. The van der Waals surface area contributed by atoms with Gasteiger partial charge in [-0.2, -0.15) is 0 Å². The minimum atomic E-state index is -1.86. The molecular formula is C12H24O2Si. The molecule has 0 saturated heterocycles. The molecule has 15 heavy (non-hydrogen) atoms. The Hall–Kier alpha value is 0.137. The minimum absolute atomic E-state index is 0.770. The highest BCUT2D eigenvalue weighted by Gasteiger charge is 2.52. The van der Waals surface area contributed by atoms with Crippen LogP contribution in [0, 0.1) is 0 Å². The highest BCUT2D eigenvalue weighted by molar-refractivity contribution is 6.70. The Morgan fingerprint density at radius 1 is 0.733 bits per heavy atom. The van der Waals surface area contributed by atoms with Gasteiger partial charge in [0.25, 0.3) is 0 Å². The summed E-state index contributed by atoms with van der Waals surface area (Å²) in [5.41, 5.74) is 1.56. The van der Waals surface area contributed by atoms with Crippen molar-refractivity contribution in [2.75, 3.05) is 14.2 Å². The van der Waals surface area contributed by atoms with Gasteiger partial charge in [0, 0.05) is 25.3 Å². The summed E-state index contributed by atoms with van der Waals surface area (Å²) >= 11 is 0. The van der Waals surface area contributed by atoms with E-state index < -0.39 is 8.56 Å². The van der Waals surface area contributed by atoms with Crippen LogP contribution < -0.4 is 0 Å². The average molecular weight is 228 g/mol. The molecule has 0 heterocycles. The Balaban J connectivity index is 2.08. The molecule has 0 radical (unpaired) electrons. The van der Waals surface area contributed by atoms with Crippen LogP contribution in [0.1, 0.15) is 51.4 Å². The molecule has 2 aliphatic carbocycles. The molecule has 0 unspecified atom stereocenters. The van der Waals surface area contributed by atoms with Gasteiger partial charge in [-0.3, -0.25) is 0 Å². The van der Waals surface area contributed by atoms with E-state index in [0.29, 0.717) is 0 Å². The predicted molar refractivity (Wildman–Crippen MR) is 64.2 cm³/mol. The molecule has 2 fully saturated rings. The van der Waals surface area contributed by atoms with Gasteiger partial charge >= 0.3 is 8.56 Å². The Bertz CT molecular complexity index is 194. The van der Waals surface area contributed by atoms with Gasteiger partial charge in [0.15, 0.2) is 0 Å². The molecule has 3 heteroatoms. The van der Waals surface area contributed by atoms with Crippen LogP contribution in [0.2, 0.25) is 11.1 Å². The van der Waals surface area contributed by atoms with E-state index >= 15 is 0 Å². The van der Waals surface area contributed by atoms with E-state index in [4.69, 9.17) is 8.85 Å². The molecule has 0 bridgehead atoms. The lowest BCUT2D eigenvalue weighted by atomic mass is 9.99. The first-order valence-electron chi connectivity index (χ1n) is 6.44. The first kappa shape index (κ1) is 11.6. The van der Waals surface area contributed by atoms with Crippen molar-refractivity contribution in [1.82, 2.24) is 0 Å². The third kappa shape index (κ3) is 2.02. The Labute approximate surface area is 94.6 Å². The summed E-state index contributed by atoms with van der Waals surface area (Å²) in [4.78, 5) is 0. The minimum Gasteiger partial charge on any atom is -0.397 e. The fourth-order valence-electron chi connectivity index (χ4n) is 3.40. The van der Waals surface area contributed by atoms with Crippen LogP contribution in [0.3, 0.4) is 0 Å². The van der Waals surface area contributed by atoms with E-state index in [2.05, 4.69) is 0 Å². The zero-order chi connectivity index (χ0) is 10.7. The molecule has 0 aromatic carbocycles. The topological polar surface area (TPSA) is 18.5 Å². The second kappa shape index (κ2) is 4.98. The molecule has 2 rings (SSSR count). The van der Waals surface area contributed by atoms with E-state index in [1.165, 1.54) is 51.4 Å². The van der Waals surface area contributed by atoms with Crippen molar-refractivity contribution in [1.29, 1.82) is 0 Å². The van der Waals surface area contributed by atoms with Gasteiger partial charge in [-0.15, -0.1) is 0 Å². The van der Waals surface area contributed by atoms with Crippen LogP contribution in [0.15, 0.2) is 0 Å². The summed E-state index contributed by atoms with van der Waals surface area (Å²) in [7, 11) is 1.92. The summed E-state index contributed by atoms with van der Waals surface area (Å²) < 4.78 is 11.9. The van der Waals surface area contributed by atoms with Gasteiger partial charge in [0.2, 0.25) is 0 Å². The molecule has 0 aromatic heterocycles. The number of rotatable bonds is 4. The maximum Gasteiger partial charge on any atom is 0.344 e. The number of hydrogen-bond donors (Lipinski definition) is 0. The van der Waals surface area contributed by atoms with E-state index in [1.807, 2.05) is 14.2 Å². The molecule has 2 nitrogen and oxygen atoms in total. The SMILES string of the molecule is CO[Si](OC)(C1CCCCC1)C1CCC1. The maximum atomic E-state index is 5.95. The summed E-state index contributed by atoms with van der Waals surface area (Å²) in [5, 5.41) is 0. The maximum absolute atomic E-state index is 5.95. The summed E-state index contributed by atoms with van der Waals surface area (Å²) in [6.07, 6.45) is 11.0. The molecule has 2 aliphatic rings. The smallest absolute Gasteiger partial charge is 0.344 e. The number of hydrogen-bond acceptors (Lipinski definition) is 2. The molecule has 88 valence electrons. The normalized spacial score (nSPS) is 25.2. The molecule has 2 saturated carbocycles. The zero-order valence-corrected chi connectivity index (χ0v) is 11.1. The van der Waals surface area contributed by atoms with Crippen LogP contribution >= 0.6 is 0 Å². The Kier molecular flexibility index (Phi) is 3.86. The average Bonchev–Trinajstić information content (AvgIpc) is 2.24. The van der Waals surface area contributed by atoms with E-state index in [1.54, 1.807) is 0 Å². The van der Waals surface area contributed by atoms with Crippen LogP contribution in [-0.4, -0.2) is 22.8 Å². The highest BCUT2D eigenvalue weighted by atomic mass is 28.4. The van der Waals surface area contributed by atoms with E-state index in [9.17, 15) is 0 Å². The van der Waals surface area contributed by atoms with Gasteiger partial charge in [0.05, 0.1) is 0 Å². The molecule has 0 amide bonds. The summed E-state index contributed by atoms with van der Waals surface area (Å²) in [6, 6.07) is 0. The predicted octanol–water partition coefficient (Wildman–Crippen LogP) is 3.61. The van der Waals surface area contributed by atoms with Gasteiger partial charge in [-0.25, -0.2) is 0 Å². The molecule has 0 aliphatic heterocycles. The third-order valence-corrected chi connectivity index (χ3v) is 9.19. The van der Waals surface area contributed by atoms with Crippen molar-refractivity contribution in [2.45, 2.75) is 62.4 Å². The first-order valence-corrected chi connectivity index (χ1v) is 8.41. The molecule has 0 N–H and O–H groups in total. The largest absolute Gasteiger partial charge is 0.397 e. The summed E-state index contributed by atoms with van der Waals surface area (Å²) in [5.74, 6) is 0. The van der Waals surface area contributed by atoms with Crippen LogP contribution in [0.5, 0.6) is 0 Å². The van der Waals surface area contributed by atoms with Crippen LogP contribution in [0.25, 0.3) is 0 Å². The zero-order valence-electron chi connectivity index (χ0n) is 10.1. The van der Waals surface area contributed by atoms with Crippen molar-refractivity contribution in [3.63, 3.8) is 0 Å². The third-order valence-electron chi connectivity index (χ3n) is 4.49. The second-order valence-corrected chi connectivity index (χ2v) is 8.98. The van der Waals surface area contributed by atoms with Crippen LogP contribution in [0.4, 0.5) is 0 Å². The lowest BCUT2D eigenvalue weighted by molar-refractivity contribution is 0.185. The second-order valence-electron chi connectivity index (χ2n) is 5.09. The van der Waals surface area contributed by atoms with Crippen molar-refractivity contribution in [3.8, 4) is 0 Å². The monoisotopic (exact) mass is 228 g/mol. The molecule has 0 aromatic rings. The van der Waals surface area contributed by atoms with Crippen LogP contribution in [-0.2, 0) is 8.85 Å². The lowest BCUT2D eigenvalue weighted by Crippen LogP contribution is -2.52. The van der Waals surface area contributed by atoms with Crippen molar-refractivity contribution in [2.24, 2.45) is 0 Å². The fourth-order valence-corrected chi connectivity index (χ4v) is 7.99. The Morgan fingerprint density at radius 2 is 1.20 bits per heavy atom. The lowest BCUT2D eigenvalue weighted by Gasteiger charge is -2.45. The standard InChI is InChI=1S/C12H24O2Si/c1-13-15(14-2,12-9-6-10-12)11-7-4-3-5-8-11/h11-12H,3-10H2,1-2H3. The van der Waals surface area contributed by atoms with Gasteiger partial charge in [-0.05, 0) is 25.7 Å². The van der Waals surface area contributed by atoms with Crippen molar-refractivity contribution >= 4 is 8.56 Å². The van der Waals surface area contributed by atoms with Crippen molar-refractivity contribution in [3.05, 3.63) is 0 Å². The van der Waals surface area contributed by atoms with Crippen molar-refractivity contribution < 1.29 is 8.85 Å². The Morgan fingerprint density at radius 3 is 1.53 bits per heavy atom. The molecule has 0 atom stereocenters.